The second-order valence-electron chi connectivity index (χ2n) is 4.59. The molecule has 1 aromatic heterocycles. The first-order valence-corrected chi connectivity index (χ1v) is 6.22. The smallest absolute Gasteiger partial charge is 0.321 e. The van der Waals surface area contributed by atoms with Gasteiger partial charge in [0.25, 0.3) is 5.91 Å². The molecule has 0 bridgehead atoms. The molecule has 1 aliphatic heterocycles. The van der Waals surface area contributed by atoms with Gasteiger partial charge in [0.15, 0.2) is 0 Å². The van der Waals surface area contributed by atoms with Gasteiger partial charge in [-0.05, 0) is 36.8 Å². The van der Waals surface area contributed by atoms with Gasteiger partial charge in [0.1, 0.15) is 5.70 Å². The third-order valence-corrected chi connectivity index (χ3v) is 3.10. The predicted octanol–water partition coefficient (Wildman–Crippen LogP) is 1.97. The number of nitrogens with zero attached hydrogens (tertiary/aromatic N) is 1. The van der Waals surface area contributed by atoms with Gasteiger partial charge in [-0.2, -0.15) is 0 Å². The lowest BCUT2D eigenvalue weighted by molar-refractivity contribution is -0.115. The van der Waals surface area contributed by atoms with Crippen LogP contribution in [0, 0.1) is 6.92 Å². The Balaban J connectivity index is 1.96. The topological polar surface area (TPSA) is 63.1 Å². The lowest BCUT2D eigenvalue weighted by Crippen LogP contribution is -2.22. The Labute approximate surface area is 115 Å². The Morgan fingerprint density at radius 3 is 2.50 bits per heavy atom. The van der Waals surface area contributed by atoms with Crippen molar-refractivity contribution in [3.05, 3.63) is 59.5 Å². The lowest BCUT2D eigenvalue weighted by atomic mass is 10.2. The molecular formula is C15H13N3O2. The molecule has 20 heavy (non-hydrogen) atoms. The quantitative estimate of drug-likeness (QED) is 0.645. The van der Waals surface area contributed by atoms with Crippen molar-refractivity contribution in [2.45, 2.75) is 6.92 Å². The number of rotatable bonds is 2. The molecule has 3 amide bonds. The van der Waals surface area contributed by atoms with Crippen LogP contribution in [0.5, 0.6) is 0 Å². The zero-order valence-electron chi connectivity index (χ0n) is 10.9. The first-order valence-electron chi connectivity index (χ1n) is 6.22. The van der Waals surface area contributed by atoms with Crippen molar-refractivity contribution in [3.8, 4) is 5.69 Å². The Morgan fingerprint density at radius 1 is 1.10 bits per heavy atom. The van der Waals surface area contributed by atoms with E-state index in [9.17, 15) is 9.59 Å². The van der Waals surface area contributed by atoms with Gasteiger partial charge >= 0.3 is 6.03 Å². The highest BCUT2D eigenvalue weighted by Crippen LogP contribution is 2.17. The van der Waals surface area contributed by atoms with Gasteiger partial charge in [-0.3, -0.25) is 10.1 Å². The van der Waals surface area contributed by atoms with Crippen molar-refractivity contribution in [2.24, 2.45) is 0 Å². The summed E-state index contributed by atoms with van der Waals surface area (Å²) in [6.45, 7) is 1.99. The predicted molar refractivity (Wildman–Crippen MR) is 75.2 cm³/mol. The average Bonchev–Trinajstić information content (AvgIpc) is 2.94. The van der Waals surface area contributed by atoms with Crippen molar-refractivity contribution in [1.82, 2.24) is 15.2 Å². The van der Waals surface area contributed by atoms with E-state index in [1.54, 1.807) is 6.08 Å². The summed E-state index contributed by atoms with van der Waals surface area (Å²) in [5.41, 5.74) is 3.22. The Bertz CT molecular complexity index is 714. The van der Waals surface area contributed by atoms with Gasteiger partial charge in [-0.25, -0.2) is 4.79 Å². The fourth-order valence-electron chi connectivity index (χ4n) is 2.19. The molecule has 0 saturated carbocycles. The molecule has 2 aromatic rings. The van der Waals surface area contributed by atoms with E-state index in [2.05, 4.69) is 10.6 Å². The molecule has 1 aromatic carbocycles. The van der Waals surface area contributed by atoms with Crippen LogP contribution in [0.25, 0.3) is 11.8 Å². The van der Waals surface area contributed by atoms with E-state index >= 15 is 0 Å². The monoisotopic (exact) mass is 267 g/mol. The molecule has 100 valence electrons. The Morgan fingerprint density at radius 2 is 1.85 bits per heavy atom. The van der Waals surface area contributed by atoms with Crippen LogP contribution in [0.2, 0.25) is 0 Å². The molecule has 1 aliphatic rings. The number of carbonyl (C=O) groups excluding carboxylic acids is 2. The van der Waals surface area contributed by atoms with E-state index in [-0.39, 0.29) is 5.70 Å². The van der Waals surface area contributed by atoms with Gasteiger partial charge in [-0.1, -0.05) is 18.2 Å². The molecule has 0 aliphatic carbocycles. The number of hydrogen-bond donors (Lipinski definition) is 2. The average molecular weight is 267 g/mol. The van der Waals surface area contributed by atoms with Crippen LogP contribution in [0.1, 0.15) is 11.3 Å². The fraction of sp³-hybridized carbons (Fsp3) is 0.0667. The Hall–Kier alpha value is -2.82. The molecular weight excluding hydrogens is 254 g/mol. The van der Waals surface area contributed by atoms with E-state index < -0.39 is 11.9 Å². The molecule has 5 nitrogen and oxygen atoms in total. The number of carbonyl (C=O) groups is 2. The summed E-state index contributed by atoms with van der Waals surface area (Å²) in [6, 6.07) is 11.4. The number of urea groups is 1. The van der Waals surface area contributed by atoms with Crippen LogP contribution in [0.15, 0.2) is 48.3 Å². The lowest BCUT2D eigenvalue weighted by Gasteiger charge is -2.04. The summed E-state index contributed by atoms with van der Waals surface area (Å²) < 4.78 is 2.03. The number of benzene rings is 1. The highest BCUT2D eigenvalue weighted by atomic mass is 16.2. The Kier molecular flexibility index (Phi) is 2.87. The summed E-state index contributed by atoms with van der Waals surface area (Å²) in [4.78, 5) is 22.5. The highest BCUT2D eigenvalue weighted by molar-refractivity contribution is 6.13. The van der Waals surface area contributed by atoms with Crippen molar-refractivity contribution >= 4 is 18.0 Å². The van der Waals surface area contributed by atoms with Crippen LogP contribution < -0.4 is 10.6 Å². The standard InChI is InChI=1S/C15H13N3O2/c1-10-7-11(8-13-14(19)17-15(20)16-13)9-18(10)12-5-3-2-4-6-12/h2-9H,1H3,(H2,16,17,19,20)/b13-8-. The number of amides is 3. The minimum Gasteiger partial charge on any atom is -0.321 e. The maximum Gasteiger partial charge on any atom is 0.326 e. The van der Waals surface area contributed by atoms with E-state index in [4.69, 9.17) is 0 Å². The van der Waals surface area contributed by atoms with Crippen molar-refractivity contribution in [3.63, 3.8) is 0 Å². The number of aryl methyl sites for hydroxylation is 1. The second kappa shape index (κ2) is 4.70. The first kappa shape index (κ1) is 12.2. The number of para-hydroxylation sites is 1. The van der Waals surface area contributed by atoms with Crippen molar-refractivity contribution < 1.29 is 9.59 Å². The number of imide groups is 1. The molecule has 0 spiro atoms. The third kappa shape index (κ3) is 2.21. The van der Waals surface area contributed by atoms with Crippen LogP contribution in [-0.4, -0.2) is 16.5 Å². The molecule has 0 unspecified atom stereocenters. The van der Waals surface area contributed by atoms with Crippen molar-refractivity contribution in [1.29, 1.82) is 0 Å². The van der Waals surface area contributed by atoms with Crippen LogP contribution >= 0.6 is 0 Å². The normalized spacial score (nSPS) is 16.4. The van der Waals surface area contributed by atoms with Gasteiger partial charge < -0.3 is 9.88 Å². The van der Waals surface area contributed by atoms with E-state index in [1.165, 1.54) is 0 Å². The molecule has 5 heteroatoms. The van der Waals surface area contributed by atoms with Gasteiger partial charge in [-0.15, -0.1) is 0 Å². The maximum atomic E-state index is 11.5. The minimum absolute atomic E-state index is 0.264. The van der Waals surface area contributed by atoms with Crippen LogP contribution in [0.4, 0.5) is 4.79 Å². The molecule has 1 fully saturated rings. The summed E-state index contributed by atoms with van der Waals surface area (Å²) >= 11 is 0. The second-order valence-corrected chi connectivity index (χ2v) is 4.59. The van der Waals surface area contributed by atoms with E-state index in [1.807, 2.05) is 54.1 Å². The largest absolute Gasteiger partial charge is 0.326 e. The van der Waals surface area contributed by atoms with Crippen molar-refractivity contribution in [2.75, 3.05) is 0 Å². The molecule has 3 rings (SSSR count). The van der Waals surface area contributed by atoms with Gasteiger partial charge in [0.2, 0.25) is 0 Å². The molecule has 1 saturated heterocycles. The summed E-state index contributed by atoms with van der Waals surface area (Å²) in [5.74, 6) is -0.403. The van der Waals surface area contributed by atoms with Gasteiger partial charge in [0, 0.05) is 17.6 Å². The molecule has 2 heterocycles. The number of aromatic nitrogens is 1. The summed E-state index contributed by atoms with van der Waals surface area (Å²) in [7, 11) is 0. The molecule has 0 radical (unpaired) electrons. The molecule has 2 N–H and O–H groups in total. The van der Waals surface area contributed by atoms with E-state index in [0.717, 1.165) is 16.9 Å². The van der Waals surface area contributed by atoms with Crippen LogP contribution in [-0.2, 0) is 4.79 Å². The number of nitrogens with one attached hydrogen (secondary N) is 2. The maximum absolute atomic E-state index is 11.5. The number of hydrogen-bond acceptors (Lipinski definition) is 2. The zero-order chi connectivity index (χ0) is 14.1. The minimum atomic E-state index is -0.486. The SMILES string of the molecule is Cc1cc(/C=C2\NC(=O)NC2=O)cn1-c1ccccc1. The fourth-order valence-corrected chi connectivity index (χ4v) is 2.19. The van der Waals surface area contributed by atoms with Crippen LogP contribution in [0.3, 0.4) is 0 Å². The summed E-state index contributed by atoms with van der Waals surface area (Å²) in [5, 5.41) is 4.65. The third-order valence-electron chi connectivity index (χ3n) is 3.10. The first-order chi connectivity index (χ1) is 9.63. The zero-order valence-corrected chi connectivity index (χ0v) is 10.9. The summed E-state index contributed by atoms with van der Waals surface area (Å²) in [6.07, 6.45) is 3.59. The molecule has 0 atom stereocenters. The van der Waals surface area contributed by atoms with E-state index in [0.29, 0.717) is 0 Å². The highest BCUT2D eigenvalue weighted by Gasteiger charge is 2.22. The van der Waals surface area contributed by atoms with Gasteiger partial charge in [0.05, 0.1) is 0 Å².